The number of fused-ring (bicyclic) bond motifs is 1. The summed E-state index contributed by atoms with van der Waals surface area (Å²) in [4.78, 5) is 11.1. The van der Waals surface area contributed by atoms with E-state index in [4.69, 9.17) is 21.4 Å². The largest absolute Gasteiger partial charge is 0.486 e. The van der Waals surface area contributed by atoms with Gasteiger partial charge in [0.25, 0.3) is 0 Å². The molecule has 2 rings (SSSR count). The second-order valence-electron chi connectivity index (χ2n) is 4.09. The molecule has 0 radical (unpaired) electrons. The number of carboxylic acid groups (broad SMARTS) is 1. The molecule has 2 unspecified atom stereocenters. The Hall–Kier alpha value is -1.29. The lowest BCUT2D eigenvalue weighted by atomic mass is 9.89. The Morgan fingerprint density at radius 1 is 1.65 bits per heavy atom. The number of rotatable bonds is 2. The van der Waals surface area contributed by atoms with E-state index < -0.39 is 23.8 Å². The Morgan fingerprint density at radius 3 is 2.94 bits per heavy atom. The number of carbonyl (C=O) groups is 1. The maximum Gasteiger partial charge on any atom is 0.310 e. The average molecular weight is 259 g/mol. The predicted octanol–water partition coefficient (Wildman–Crippen LogP) is 2.89. The Morgan fingerprint density at radius 2 is 2.35 bits per heavy atom. The van der Waals surface area contributed by atoms with Crippen LogP contribution in [0.15, 0.2) is 12.1 Å². The van der Waals surface area contributed by atoms with Crippen LogP contribution >= 0.6 is 11.6 Å². The molecular weight excluding hydrogens is 247 g/mol. The van der Waals surface area contributed by atoms with Crippen molar-refractivity contribution in [2.24, 2.45) is 5.92 Å². The fourth-order valence-electron chi connectivity index (χ4n) is 2.11. The zero-order valence-electron chi connectivity index (χ0n) is 9.24. The van der Waals surface area contributed by atoms with E-state index in [0.29, 0.717) is 12.0 Å². The summed E-state index contributed by atoms with van der Waals surface area (Å²) in [5.74, 6) is -1.97. The van der Waals surface area contributed by atoms with Gasteiger partial charge in [-0.3, -0.25) is 4.79 Å². The van der Waals surface area contributed by atoms with Gasteiger partial charge in [-0.1, -0.05) is 18.5 Å². The third-order valence-electron chi connectivity index (χ3n) is 2.96. The van der Waals surface area contributed by atoms with Gasteiger partial charge < -0.3 is 9.84 Å². The molecule has 3 nitrogen and oxygen atoms in total. The van der Waals surface area contributed by atoms with E-state index in [-0.39, 0.29) is 17.2 Å². The fourth-order valence-corrected chi connectivity index (χ4v) is 2.34. The molecule has 1 N–H and O–H groups in total. The van der Waals surface area contributed by atoms with Gasteiger partial charge >= 0.3 is 5.97 Å². The zero-order valence-corrected chi connectivity index (χ0v) is 10.00. The van der Waals surface area contributed by atoms with Crippen molar-refractivity contribution in [2.75, 3.05) is 0 Å². The van der Waals surface area contributed by atoms with Gasteiger partial charge in [0.1, 0.15) is 6.10 Å². The summed E-state index contributed by atoms with van der Waals surface area (Å²) in [5, 5.41) is 9.35. The van der Waals surface area contributed by atoms with Gasteiger partial charge in [-0.2, -0.15) is 0 Å². The lowest BCUT2D eigenvalue weighted by Crippen LogP contribution is -2.37. The second kappa shape index (κ2) is 4.53. The van der Waals surface area contributed by atoms with Crippen LogP contribution < -0.4 is 4.74 Å². The summed E-state index contributed by atoms with van der Waals surface area (Å²) >= 11 is 5.74. The van der Waals surface area contributed by atoms with Crippen LogP contribution in [0.25, 0.3) is 0 Å². The van der Waals surface area contributed by atoms with Crippen molar-refractivity contribution in [3.8, 4) is 5.75 Å². The van der Waals surface area contributed by atoms with Gasteiger partial charge in [0, 0.05) is 5.02 Å². The molecule has 0 bridgehead atoms. The Balaban J connectivity index is 2.42. The first-order valence-corrected chi connectivity index (χ1v) is 5.78. The van der Waals surface area contributed by atoms with Crippen LogP contribution in [0.3, 0.4) is 0 Å². The second-order valence-corrected chi connectivity index (χ2v) is 4.53. The maximum absolute atomic E-state index is 13.6. The summed E-state index contributed by atoms with van der Waals surface area (Å²) in [6, 6.07) is 2.73. The van der Waals surface area contributed by atoms with E-state index in [1.54, 1.807) is 6.07 Å². The number of hydrogen-bond donors (Lipinski definition) is 1. The predicted molar refractivity (Wildman–Crippen MR) is 60.9 cm³/mol. The molecule has 2 atom stereocenters. The quantitative estimate of drug-likeness (QED) is 0.887. The van der Waals surface area contributed by atoms with Crippen molar-refractivity contribution in [1.82, 2.24) is 0 Å². The summed E-state index contributed by atoms with van der Waals surface area (Å²) < 4.78 is 19.0. The Labute approximate surface area is 103 Å². The minimum Gasteiger partial charge on any atom is -0.486 e. The highest BCUT2D eigenvalue weighted by molar-refractivity contribution is 6.30. The highest BCUT2D eigenvalue weighted by Crippen LogP contribution is 2.36. The van der Waals surface area contributed by atoms with Gasteiger partial charge in [0.2, 0.25) is 0 Å². The van der Waals surface area contributed by atoms with Crippen molar-refractivity contribution in [1.29, 1.82) is 0 Å². The monoisotopic (exact) mass is 258 g/mol. The number of hydrogen-bond acceptors (Lipinski definition) is 2. The molecule has 1 aromatic carbocycles. The van der Waals surface area contributed by atoms with Gasteiger partial charge in [0.15, 0.2) is 11.6 Å². The average Bonchev–Trinajstić information content (AvgIpc) is 2.27. The number of benzene rings is 1. The number of aliphatic carboxylic acids is 1. The van der Waals surface area contributed by atoms with E-state index in [2.05, 4.69) is 0 Å². The van der Waals surface area contributed by atoms with Crippen molar-refractivity contribution >= 4 is 17.6 Å². The first-order valence-electron chi connectivity index (χ1n) is 5.40. The molecule has 1 aliphatic rings. The fraction of sp³-hybridized carbons (Fsp3) is 0.417. The molecule has 0 saturated carbocycles. The maximum atomic E-state index is 13.6. The lowest BCUT2D eigenvalue weighted by molar-refractivity contribution is -0.145. The first kappa shape index (κ1) is 12.2. The lowest BCUT2D eigenvalue weighted by Gasteiger charge is -2.30. The molecule has 92 valence electrons. The molecule has 5 heteroatoms. The van der Waals surface area contributed by atoms with E-state index in [1.165, 1.54) is 6.07 Å². The van der Waals surface area contributed by atoms with Crippen molar-refractivity contribution in [2.45, 2.75) is 25.9 Å². The number of halogens is 2. The minimum absolute atomic E-state index is 0.138. The van der Waals surface area contributed by atoms with E-state index in [9.17, 15) is 9.18 Å². The van der Waals surface area contributed by atoms with Crippen LogP contribution in [-0.4, -0.2) is 17.2 Å². The number of ether oxygens (including phenoxy) is 1. The highest BCUT2D eigenvalue weighted by atomic mass is 35.5. The summed E-state index contributed by atoms with van der Waals surface area (Å²) in [6.07, 6.45) is 0.287. The van der Waals surface area contributed by atoms with Gasteiger partial charge in [-0.25, -0.2) is 4.39 Å². The normalized spacial score (nSPS) is 22.8. The molecule has 0 aliphatic carbocycles. The van der Waals surface area contributed by atoms with Crippen LogP contribution in [0, 0.1) is 11.7 Å². The molecule has 1 aromatic rings. The van der Waals surface area contributed by atoms with Crippen LogP contribution in [0.4, 0.5) is 4.39 Å². The molecule has 0 saturated heterocycles. The zero-order chi connectivity index (χ0) is 12.6. The van der Waals surface area contributed by atoms with Crippen LogP contribution in [0.1, 0.15) is 18.9 Å². The van der Waals surface area contributed by atoms with Crippen molar-refractivity contribution < 1.29 is 19.0 Å². The minimum atomic E-state index is -0.928. The van der Waals surface area contributed by atoms with Gasteiger partial charge in [0.05, 0.1) is 5.92 Å². The summed E-state index contributed by atoms with van der Waals surface area (Å²) in [7, 11) is 0. The van der Waals surface area contributed by atoms with Crippen LogP contribution in [0.5, 0.6) is 5.75 Å². The highest BCUT2D eigenvalue weighted by Gasteiger charge is 2.35. The molecule has 17 heavy (non-hydrogen) atoms. The SMILES string of the molecule is CCC1Oc2c(F)cc(Cl)cc2CC1C(=O)O. The van der Waals surface area contributed by atoms with Gasteiger partial charge in [-0.05, 0) is 30.5 Å². The molecule has 1 aliphatic heterocycles. The molecule has 0 aromatic heterocycles. The molecular formula is C12H12ClFO3. The Bertz CT molecular complexity index is 461. The van der Waals surface area contributed by atoms with E-state index in [0.717, 1.165) is 0 Å². The first-order chi connectivity index (χ1) is 8.02. The third kappa shape index (κ3) is 2.22. The molecule has 0 spiro atoms. The summed E-state index contributed by atoms with van der Waals surface area (Å²) in [6.45, 7) is 1.82. The summed E-state index contributed by atoms with van der Waals surface area (Å²) in [5.41, 5.74) is 0.520. The smallest absolute Gasteiger partial charge is 0.310 e. The van der Waals surface area contributed by atoms with Crippen LogP contribution in [0.2, 0.25) is 5.02 Å². The Kier molecular flexibility index (Phi) is 3.24. The van der Waals surface area contributed by atoms with Crippen molar-refractivity contribution in [3.05, 3.63) is 28.5 Å². The van der Waals surface area contributed by atoms with Crippen LogP contribution in [-0.2, 0) is 11.2 Å². The van der Waals surface area contributed by atoms with E-state index in [1.807, 2.05) is 6.92 Å². The molecule has 0 fully saturated rings. The van der Waals surface area contributed by atoms with Crippen molar-refractivity contribution in [3.63, 3.8) is 0 Å². The molecule has 0 amide bonds. The molecule has 1 heterocycles. The topological polar surface area (TPSA) is 46.5 Å². The third-order valence-corrected chi connectivity index (χ3v) is 3.18. The van der Waals surface area contributed by atoms with E-state index >= 15 is 0 Å². The van der Waals surface area contributed by atoms with Gasteiger partial charge in [-0.15, -0.1) is 0 Å². The number of carboxylic acids is 1. The standard InChI is InChI=1S/C12H12ClFO3/c1-2-10-8(12(15)16)4-6-3-7(13)5-9(14)11(6)17-10/h3,5,8,10H,2,4H2,1H3,(H,15,16).